The van der Waals surface area contributed by atoms with E-state index in [1.54, 1.807) is 0 Å². The molecular formula is C24H15ClN2. The average Bonchev–Trinajstić information content (AvgIpc) is 2.74. The molecule has 0 N–H and O–H groups in total. The van der Waals surface area contributed by atoms with Crippen molar-refractivity contribution in [2.24, 2.45) is 0 Å². The maximum absolute atomic E-state index is 6.02. The largest absolute Gasteiger partial charge is 0.245 e. The highest BCUT2D eigenvalue weighted by molar-refractivity contribution is 6.30. The predicted octanol–water partition coefficient (Wildman–Crippen LogP) is 6.77. The number of hydrogen-bond acceptors (Lipinski definition) is 2. The Morgan fingerprint density at radius 3 is 1.52 bits per heavy atom. The SMILES string of the molecule is Clc1ccc(-c2ccc3ccc4ccc(-c5ccccc5)nc4c3n2)cc1. The quantitative estimate of drug-likeness (QED) is 0.322. The smallest absolute Gasteiger partial charge is 0.0972 e. The summed E-state index contributed by atoms with van der Waals surface area (Å²) in [5.74, 6) is 0. The van der Waals surface area contributed by atoms with E-state index in [9.17, 15) is 0 Å². The first-order valence-electron chi connectivity index (χ1n) is 8.80. The van der Waals surface area contributed by atoms with Crippen molar-refractivity contribution < 1.29 is 0 Å². The summed E-state index contributed by atoms with van der Waals surface area (Å²) in [4.78, 5) is 9.87. The molecule has 5 rings (SSSR count). The second-order valence-corrected chi connectivity index (χ2v) is 6.91. The fourth-order valence-corrected chi connectivity index (χ4v) is 3.44. The van der Waals surface area contributed by atoms with Gasteiger partial charge in [0.15, 0.2) is 0 Å². The molecule has 2 aromatic heterocycles. The van der Waals surface area contributed by atoms with Crippen LogP contribution in [0.15, 0.2) is 91.0 Å². The normalized spacial score (nSPS) is 11.1. The van der Waals surface area contributed by atoms with E-state index in [1.165, 1.54) is 0 Å². The Morgan fingerprint density at radius 1 is 0.481 bits per heavy atom. The van der Waals surface area contributed by atoms with Crippen molar-refractivity contribution in [3.8, 4) is 22.5 Å². The van der Waals surface area contributed by atoms with Gasteiger partial charge >= 0.3 is 0 Å². The van der Waals surface area contributed by atoms with E-state index in [0.717, 1.165) is 49.3 Å². The van der Waals surface area contributed by atoms with Crippen LogP contribution in [0.5, 0.6) is 0 Å². The van der Waals surface area contributed by atoms with Crippen LogP contribution in [0.2, 0.25) is 5.02 Å². The molecule has 0 atom stereocenters. The van der Waals surface area contributed by atoms with Gasteiger partial charge in [-0.3, -0.25) is 0 Å². The van der Waals surface area contributed by atoms with Crippen molar-refractivity contribution in [3.63, 3.8) is 0 Å². The summed E-state index contributed by atoms with van der Waals surface area (Å²) in [5.41, 5.74) is 5.85. The molecule has 128 valence electrons. The van der Waals surface area contributed by atoms with Crippen LogP contribution in [0.25, 0.3) is 44.3 Å². The van der Waals surface area contributed by atoms with Gasteiger partial charge < -0.3 is 0 Å². The molecular weight excluding hydrogens is 352 g/mol. The third kappa shape index (κ3) is 2.94. The van der Waals surface area contributed by atoms with Crippen molar-refractivity contribution in [3.05, 3.63) is 96.0 Å². The zero-order valence-electron chi connectivity index (χ0n) is 14.4. The molecule has 2 heterocycles. The lowest BCUT2D eigenvalue weighted by atomic mass is 10.1. The Kier molecular flexibility index (Phi) is 3.84. The van der Waals surface area contributed by atoms with Crippen LogP contribution in [0.3, 0.4) is 0 Å². The van der Waals surface area contributed by atoms with Crippen LogP contribution in [0.4, 0.5) is 0 Å². The minimum atomic E-state index is 0.721. The first-order valence-corrected chi connectivity index (χ1v) is 9.18. The Balaban J connectivity index is 1.74. The highest BCUT2D eigenvalue weighted by Gasteiger charge is 2.08. The molecule has 0 bridgehead atoms. The summed E-state index contributed by atoms with van der Waals surface area (Å²) >= 11 is 6.02. The van der Waals surface area contributed by atoms with Crippen LogP contribution in [0, 0.1) is 0 Å². The summed E-state index contributed by atoms with van der Waals surface area (Å²) in [5, 5.41) is 2.89. The topological polar surface area (TPSA) is 25.8 Å². The third-order valence-corrected chi connectivity index (χ3v) is 4.98. The average molecular weight is 367 g/mol. The van der Waals surface area contributed by atoms with Gasteiger partial charge in [0.25, 0.3) is 0 Å². The monoisotopic (exact) mass is 366 g/mol. The zero-order valence-corrected chi connectivity index (χ0v) is 15.2. The number of nitrogens with zero attached hydrogens (tertiary/aromatic N) is 2. The fourth-order valence-electron chi connectivity index (χ4n) is 3.32. The Morgan fingerprint density at radius 2 is 0.963 bits per heavy atom. The van der Waals surface area contributed by atoms with Crippen molar-refractivity contribution in [1.29, 1.82) is 0 Å². The van der Waals surface area contributed by atoms with Gasteiger partial charge in [-0.2, -0.15) is 0 Å². The standard InChI is InChI=1S/C24H15ClN2/c25-20-12-8-17(9-13-20)22-15-11-19-7-6-18-10-14-21(16-4-2-1-3-5-16)26-23(18)24(19)27-22/h1-15H. The number of pyridine rings is 2. The molecule has 0 aliphatic heterocycles. The van der Waals surface area contributed by atoms with Gasteiger partial charge in [-0.15, -0.1) is 0 Å². The zero-order chi connectivity index (χ0) is 18.2. The van der Waals surface area contributed by atoms with Crippen LogP contribution >= 0.6 is 11.6 Å². The maximum Gasteiger partial charge on any atom is 0.0972 e. The molecule has 0 amide bonds. The van der Waals surface area contributed by atoms with Crippen molar-refractivity contribution in [2.45, 2.75) is 0 Å². The molecule has 0 saturated heterocycles. The molecule has 0 unspecified atom stereocenters. The lowest BCUT2D eigenvalue weighted by molar-refractivity contribution is 1.36. The third-order valence-electron chi connectivity index (χ3n) is 4.73. The Hall–Kier alpha value is -3.23. The van der Waals surface area contributed by atoms with E-state index in [0.29, 0.717) is 0 Å². The molecule has 2 nitrogen and oxygen atoms in total. The van der Waals surface area contributed by atoms with E-state index >= 15 is 0 Å². The van der Waals surface area contributed by atoms with Crippen molar-refractivity contribution >= 4 is 33.4 Å². The second kappa shape index (κ2) is 6.49. The molecule has 3 aromatic carbocycles. The number of hydrogen-bond donors (Lipinski definition) is 0. The second-order valence-electron chi connectivity index (χ2n) is 6.47. The Labute approximate surface area is 162 Å². The minimum Gasteiger partial charge on any atom is -0.245 e. The van der Waals surface area contributed by atoms with E-state index in [4.69, 9.17) is 21.6 Å². The van der Waals surface area contributed by atoms with Gasteiger partial charge in [0, 0.05) is 26.9 Å². The Bertz CT molecular complexity index is 1260. The number of benzene rings is 3. The molecule has 27 heavy (non-hydrogen) atoms. The van der Waals surface area contributed by atoms with E-state index < -0.39 is 0 Å². The van der Waals surface area contributed by atoms with Crippen LogP contribution < -0.4 is 0 Å². The summed E-state index contributed by atoms with van der Waals surface area (Å²) in [6, 6.07) is 30.5. The van der Waals surface area contributed by atoms with Gasteiger partial charge in [0.2, 0.25) is 0 Å². The molecule has 0 aliphatic carbocycles. The first kappa shape index (κ1) is 16.0. The molecule has 0 saturated carbocycles. The summed E-state index contributed by atoms with van der Waals surface area (Å²) in [6.07, 6.45) is 0. The maximum atomic E-state index is 6.02. The van der Waals surface area contributed by atoms with Gasteiger partial charge in [0.1, 0.15) is 0 Å². The molecule has 5 aromatic rings. The predicted molar refractivity (Wildman–Crippen MR) is 113 cm³/mol. The lowest BCUT2D eigenvalue weighted by Crippen LogP contribution is -1.90. The molecule has 0 spiro atoms. The summed E-state index contributed by atoms with van der Waals surface area (Å²) < 4.78 is 0. The van der Waals surface area contributed by atoms with Gasteiger partial charge in [0.05, 0.1) is 22.4 Å². The van der Waals surface area contributed by atoms with E-state index in [2.05, 4.69) is 42.5 Å². The molecule has 0 radical (unpaired) electrons. The van der Waals surface area contributed by atoms with Crippen molar-refractivity contribution in [2.75, 3.05) is 0 Å². The number of fused-ring (bicyclic) bond motifs is 3. The molecule has 3 heteroatoms. The first-order chi connectivity index (χ1) is 13.3. The number of halogens is 1. The summed E-state index contributed by atoms with van der Waals surface area (Å²) in [6.45, 7) is 0. The van der Waals surface area contributed by atoms with Gasteiger partial charge in [-0.1, -0.05) is 78.3 Å². The summed E-state index contributed by atoms with van der Waals surface area (Å²) in [7, 11) is 0. The molecule has 0 aliphatic rings. The van der Waals surface area contributed by atoms with Crippen LogP contribution in [-0.4, -0.2) is 9.97 Å². The van der Waals surface area contributed by atoms with Crippen molar-refractivity contribution in [1.82, 2.24) is 9.97 Å². The number of rotatable bonds is 2. The van der Waals surface area contributed by atoms with Crippen LogP contribution in [0.1, 0.15) is 0 Å². The van der Waals surface area contributed by atoms with Gasteiger partial charge in [-0.25, -0.2) is 9.97 Å². The highest BCUT2D eigenvalue weighted by atomic mass is 35.5. The number of aromatic nitrogens is 2. The molecule has 0 fully saturated rings. The van der Waals surface area contributed by atoms with E-state index in [1.807, 2.05) is 48.5 Å². The van der Waals surface area contributed by atoms with Gasteiger partial charge in [-0.05, 0) is 24.3 Å². The minimum absolute atomic E-state index is 0.721. The van der Waals surface area contributed by atoms with E-state index in [-0.39, 0.29) is 0 Å². The fraction of sp³-hybridized carbons (Fsp3) is 0. The highest BCUT2D eigenvalue weighted by Crippen LogP contribution is 2.28. The van der Waals surface area contributed by atoms with Crippen LogP contribution in [-0.2, 0) is 0 Å². The lowest BCUT2D eigenvalue weighted by Gasteiger charge is -2.08.